The topological polar surface area (TPSA) is 64.8 Å². The molecule has 0 bridgehead atoms. The molecule has 7 heteroatoms. The average Bonchev–Trinajstić information content (AvgIpc) is 3.22. The zero-order valence-corrected chi connectivity index (χ0v) is 17.4. The highest BCUT2D eigenvalue weighted by Gasteiger charge is 2.18. The first kappa shape index (κ1) is 20.7. The molecule has 0 saturated carbocycles. The van der Waals surface area contributed by atoms with Crippen LogP contribution in [0.1, 0.15) is 22.5 Å². The van der Waals surface area contributed by atoms with Gasteiger partial charge < -0.3 is 18.9 Å². The zero-order valence-electron chi connectivity index (χ0n) is 16.6. The minimum absolute atomic E-state index is 0.143. The molecular formula is C22H23ClN2O4. The molecule has 0 N–H and O–H groups in total. The minimum atomic E-state index is -0.143. The Morgan fingerprint density at radius 2 is 1.90 bits per heavy atom. The Bertz CT molecular complexity index is 972. The van der Waals surface area contributed by atoms with Crippen LogP contribution in [0.4, 0.5) is 0 Å². The Hall–Kier alpha value is -2.99. The Morgan fingerprint density at radius 1 is 1.14 bits per heavy atom. The molecule has 3 aromatic rings. The summed E-state index contributed by atoms with van der Waals surface area (Å²) in [5.41, 5.74) is 2.27. The van der Waals surface area contributed by atoms with E-state index in [1.807, 2.05) is 36.4 Å². The summed E-state index contributed by atoms with van der Waals surface area (Å²) >= 11 is 6.20. The highest BCUT2D eigenvalue weighted by molar-refractivity contribution is 6.32. The number of nitrogens with zero attached hydrogens (tertiary/aromatic N) is 2. The van der Waals surface area contributed by atoms with Gasteiger partial charge in [0.15, 0.2) is 11.5 Å². The van der Waals surface area contributed by atoms with E-state index in [0.717, 1.165) is 23.4 Å². The molecule has 0 unspecified atom stereocenters. The second-order valence-electron chi connectivity index (χ2n) is 6.57. The van der Waals surface area contributed by atoms with E-state index in [4.69, 9.17) is 25.6 Å². The predicted molar refractivity (Wildman–Crippen MR) is 112 cm³/mol. The van der Waals surface area contributed by atoms with Crippen LogP contribution < -0.4 is 9.47 Å². The van der Waals surface area contributed by atoms with Crippen molar-refractivity contribution in [3.05, 3.63) is 64.9 Å². The van der Waals surface area contributed by atoms with Crippen LogP contribution in [0, 0.1) is 0 Å². The third-order valence-electron chi connectivity index (χ3n) is 4.57. The van der Waals surface area contributed by atoms with Crippen LogP contribution in [0.3, 0.4) is 0 Å². The normalized spacial score (nSPS) is 10.6. The molecule has 0 aliphatic carbocycles. The molecule has 0 aliphatic heterocycles. The molecule has 0 saturated heterocycles. The van der Waals surface area contributed by atoms with Crippen molar-refractivity contribution in [3.8, 4) is 22.8 Å². The van der Waals surface area contributed by atoms with Crippen molar-refractivity contribution in [1.82, 2.24) is 10.1 Å². The third-order valence-corrected chi connectivity index (χ3v) is 4.85. The third kappa shape index (κ3) is 4.90. The molecule has 1 amide bonds. The summed E-state index contributed by atoms with van der Waals surface area (Å²) in [6, 6.07) is 15.0. The van der Waals surface area contributed by atoms with E-state index in [-0.39, 0.29) is 5.91 Å². The number of methoxy groups -OCH3 is 2. The van der Waals surface area contributed by atoms with Gasteiger partial charge in [-0.25, -0.2) is 0 Å². The molecule has 0 spiro atoms. The highest BCUT2D eigenvalue weighted by atomic mass is 35.5. The summed E-state index contributed by atoms with van der Waals surface area (Å²) in [5, 5.41) is 4.45. The summed E-state index contributed by atoms with van der Waals surface area (Å²) in [6.45, 7) is 0.562. The monoisotopic (exact) mass is 414 g/mol. The van der Waals surface area contributed by atoms with Crippen LogP contribution in [0.25, 0.3) is 11.3 Å². The fourth-order valence-electron chi connectivity index (χ4n) is 3.03. The second kappa shape index (κ2) is 9.47. The minimum Gasteiger partial charge on any atom is -0.493 e. The molecule has 152 valence electrons. The van der Waals surface area contributed by atoms with E-state index in [9.17, 15) is 4.79 Å². The lowest BCUT2D eigenvalue weighted by atomic mass is 10.1. The molecule has 0 fully saturated rings. The maximum atomic E-state index is 12.7. The van der Waals surface area contributed by atoms with Crippen LogP contribution in [-0.2, 0) is 6.42 Å². The first-order chi connectivity index (χ1) is 14.0. The molecule has 29 heavy (non-hydrogen) atoms. The van der Waals surface area contributed by atoms with Gasteiger partial charge in [0.05, 0.1) is 19.2 Å². The first-order valence-corrected chi connectivity index (χ1v) is 9.59. The molecule has 2 aromatic carbocycles. The molecular weight excluding hydrogens is 392 g/mol. The van der Waals surface area contributed by atoms with Crippen molar-refractivity contribution < 1.29 is 18.8 Å². The van der Waals surface area contributed by atoms with Gasteiger partial charge in [-0.05, 0) is 18.6 Å². The molecule has 0 radical (unpaired) electrons. The van der Waals surface area contributed by atoms with Crippen molar-refractivity contribution in [2.24, 2.45) is 0 Å². The fraction of sp³-hybridized carbons (Fsp3) is 0.273. The lowest BCUT2D eigenvalue weighted by Crippen LogP contribution is -2.28. The van der Waals surface area contributed by atoms with Crippen LogP contribution in [0.2, 0.25) is 5.02 Å². The summed E-state index contributed by atoms with van der Waals surface area (Å²) in [6.07, 6.45) is 1.43. The van der Waals surface area contributed by atoms with Gasteiger partial charge in [0.25, 0.3) is 5.91 Å². The van der Waals surface area contributed by atoms with E-state index < -0.39 is 0 Å². The SMILES string of the molecule is COc1cc(C(=O)N(C)CCCc2cc(-c3ccccc3)no2)cc(Cl)c1OC. The number of amides is 1. The number of aryl methyl sites for hydroxylation is 1. The van der Waals surface area contributed by atoms with E-state index >= 15 is 0 Å². The number of aromatic nitrogens is 1. The quantitative estimate of drug-likeness (QED) is 0.533. The van der Waals surface area contributed by atoms with Crippen LogP contribution >= 0.6 is 11.6 Å². The van der Waals surface area contributed by atoms with Crippen molar-refractivity contribution in [2.75, 3.05) is 27.8 Å². The van der Waals surface area contributed by atoms with Gasteiger partial charge >= 0.3 is 0 Å². The molecule has 1 heterocycles. The van der Waals surface area contributed by atoms with E-state index in [0.29, 0.717) is 35.1 Å². The maximum Gasteiger partial charge on any atom is 0.253 e. The van der Waals surface area contributed by atoms with Gasteiger partial charge in [-0.3, -0.25) is 4.79 Å². The lowest BCUT2D eigenvalue weighted by Gasteiger charge is -2.18. The number of halogens is 1. The van der Waals surface area contributed by atoms with Crippen molar-refractivity contribution >= 4 is 17.5 Å². The molecule has 0 atom stereocenters. The lowest BCUT2D eigenvalue weighted by molar-refractivity contribution is 0.0792. The number of hydrogen-bond acceptors (Lipinski definition) is 5. The molecule has 0 aliphatic rings. The Labute approximate surface area is 175 Å². The molecule has 6 nitrogen and oxygen atoms in total. The summed E-state index contributed by atoms with van der Waals surface area (Å²) < 4.78 is 15.9. The highest BCUT2D eigenvalue weighted by Crippen LogP contribution is 2.36. The van der Waals surface area contributed by atoms with E-state index in [1.165, 1.54) is 14.2 Å². The number of benzene rings is 2. The summed E-state index contributed by atoms with van der Waals surface area (Å²) in [7, 11) is 4.76. The Morgan fingerprint density at radius 3 is 2.59 bits per heavy atom. The fourth-order valence-corrected chi connectivity index (χ4v) is 3.32. The van der Waals surface area contributed by atoms with E-state index in [1.54, 1.807) is 24.1 Å². The molecule has 3 rings (SSSR count). The van der Waals surface area contributed by atoms with Crippen LogP contribution in [-0.4, -0.2) is 43.8 Å². The Kier molecular flexibility index (Phi) is 6.77. The predicted octanol–water partition coefficient (Wildman–Crippen LogP) is 4.72. The van der Waals surface area contributed by atoms with Crippen molar-refractivity contribution in [3.63, 3.8) is 0 Å². The maximum absolute atomic E-state index is 12.7. The van der Waals surface area contributed by atoms with Gasteiger partial charge in [-0.1, -0.05) is 47.1 Å². The number of hydrogen-bond donors (Lipinski definition) is 0. The zero-order chi connectivity index (χ0) is 20.8. The summed E-state index contributed by atoms with van der Waals surface area (Å²) in [5.74, 6) is 1.48. The number of ether oxygens (including phenoxy) is 2. The average molecular weight is 415 g/mol. The smallest absolute Gasteiger partial charge is 0.253 e. The Balaban J connectivity index is 1.58. The van der Waals surface area contributed by atoms with Crippen LogP contribution in [0.5, 0.6) is 11.5 Å². The number of carbonyl (C=O) groups excluding carboxylic acids is 1. The van der Waals surface area contributed by atoms with Crippen molar-refractivity contribution in [1.29, 1.82) is 0 Å². The van der Waals surface area contributed by atoms with Gasteiger partial charge in [-0.2, -0.15) is 0 Å². The largest absolute Gasteiger partial charge is 0.493 e. The number of carbonyl (C=O) groups is 1. The second-order valence-corrected chi connectivity index (χ2v) is 6.98. The van der Waals surface area contributed by atoms with Gasteiger partial charge in [0.1, 0.15) is 11.5 Å². The van der Waals surface area contributed by atoms with Gasteiger partial charge in [0.2, 0.25) is 0 Å². The van der Waals surface area contributed by atoms with Crippen LogP contribution in [0.15, 0.2) is 53.1 Å². The van der Waals surface area contributed by atoms with Gasteiger partial charge in [0, 0.05) is 37.2 Å². The first-order valence-electron chi connectivity index (χ1n) is 9.21. The summed E-state index contributed by atoms with van der Waals surface area (Å²) in [4.78, 5) is 14.4. The number of rotatable bonds is 8. The molecule has 1 aromatic heterocycles. The standard InChI is InChI=1S/C22H23ClN2O4/c1-25(22(26)16-12-18(23)21(28-3)20(13-16)27-2)11-7-10-17-14-19(24-29-17)15-8-5-4-6-9-15/h4-6,8-9,12-14H,7,10-11H2,1-3H3. The van der Waals surface area contributed by atoms with E-state index in [2.05, 4.69) is 5.16 Å². The van der Waals surface area contributed by atoms with Crippen molar-refractivity contribution in [2.45, 2.75) is 12.8 Å². The van der Waals surface area contributed by atoms with Gasteiger partial charge in [-0.15, -0.1) is 0 Å².